The molecule has 0 unspecified atom stereocenters. The molecular weight excluding hydrogens is 556 g/mol. The minimum absolute atomic E-state index is 0.0870. The number of hydrogen-bond donors (Lipinski definition) is 0. The van der Waals surface area contributed by atoms with E-state index < -0.39 is 0 Å². The summed E-state index contributed by atoms with van der Waals surface area (Å²) in [6.45, 7) is 16.4. The lowest BCUT2D eigenvalue weighted by molar-refractivity contribution is 0.590. The van der Waals surface area contributed by atoms with Crippen LogP contribution >= 0.6 is 0 Å². The van der Waals surface area contributed by atoms with Gasteiger partial charge in [0.15, 0.2) is 0 Å². The van der Waals surface area contributed by atoms with E-state index in [-0.39, 0.29) is 16.2 Å². The molecule has 8 rings (SSSR count). The van der Waals surface area contributed by atoms with Crippen LogP contribution in [0.2, 0.25) is 0 Å². The van der Waals surface area contributed by atoms with E-state index in [0.29, 0.717) is 0 Å². The quantitative estimate of drug-likeness (QED) is 0.200. The largest absolute Gasteiger partial charge is 0.310 e. The Bertz CT molecular complexity index is 2140. The van der Waals surface area contributed by atoms with Gasteiger partial charge in [0.25, 0.3) is 0 Å². The molecule has 6 aromatic carbocycles. The summed E-state index contributed by atoms with van der Waals surface area (Å²) in [5.41, 5.74) is 14.0. The van der Waals surface area contributed by atoms with Gasteiger partial charge < -0.3 is 9.80 Å². The zero-order valence-corrected chi connectivity index (χ0v) is 28.0. The zero-order valence-electron chi connectivity index (χ0n) is 28.0. The van der Waals surface area contributed by atoms with Gasteiger partial charge in [0.05, 0.1) is 22.7 Å². The summed E-state index contributed by atoms with van der Waals surface area (Å²) in [4.78, 5) is 4.99. The van der Waals surface area contributed by atoms with Crippen molar-refractivity contribution in [2.75, 3.05) is 9.80 Å². The molecule has 0 saturated heterocycles. The predicted octanol–water partition coefficient (Wildman–Crippen LogP) is 12.4. The average Bonchev–Trinajstić information content (AvgIpc) is 3.05. The van der Waals surface area contributed by atoms with Gasteiger partial charge in [-0.15, -0.1) is 0 Å². The molecule has 2 heteroatoms. The van der Waals surface area contributed by atoms with Crippen molar-refractivity contribution >= 4 is 44.9 Å². The van der Waals surface area contributed by atoms with E-state index in [0.717, 1.165) is 11.4 Å². The first-order valence-corrected chi connectivity index (χ1v) is 16.5. The molecule has 0 fully saturated rings. The van der Waals surface area contributed by atoms with Gasteiger partial charge in [-0.05, 0) is 81.1 Å². The molecule has 2 aliphatic heterocycles. The molecular formula is C44H42N2. The van der Waals surface area contributed by atoms with E-state index in [1.165, 1.54) is 61.3 Å². The number of benzene rings is 6. The monoisotopic (exact) mass is 598 g/mol. The van der Waals surface area contributed by atoms with Crippen molar-refractivity contribution in [2.45, 2.75) is 64.7 Å². The van der Waals surface area contributed by atoms with Crippen LogP contribution in [0.1, 0.15) is 76.3 Å². The van der Waals surface area contributed by atoms with E-state index in [2.05, 4.69) is 186 Å². The molecule has 0 aromatic heterocycles. The van der Waals surface area contributed by atoms with Crippen LogP contribution < -0.4 is 9.80 Å². The third-order valence-corrected chi connectivity index (χ3v) is 10.6. The van der Waals surface area contributed by atoms with Crippen LogP contribution in [0.4, 0.5) is 34.1 Å². The van der Waals surface area contributed by atoms with Crippen LogP contribution in [0.3, 0.4) is 0 Å². The molecule has 228 valence electrons. The Morgan fingerprint density at radius 1 is 0.522 bits per heavy atom. The second-order valence-electron chi connectivity index (χ2n) is 15.1. The van der Waals surface area contributed by atoms with Gasteiger partial charge in [0.2, 0.25) is 0 Å². The lowest BCUT2D eigenvalue weighted by Crippen LogP contribution is -2.38. The maximum absolute atomic E-state index is 2.54. The molecule has 0 spiro atoms. The van der Waals surface area contributed by atoms with E-state index in [4.69, 9.17) is 0 Å². The fourth-order valence-corrected chi connectivity index (χ4v) is 7.95. The highest BCUT2D eigenvalue weighted by Gasteiger charge is 2.45. The number of nitrogens with zero attached hydrogens (tertiary/aromatic N) is 2. The highest BCUT2D eigenvalue weighted by atomic mass is 15.2. The number of rotatable bonds is 3. The summed E-state index contributed by atoms with van der Waals surface area (Å²) >= 11 is 0. The molecule has 0 radical (unpaired) electrons. The molecule has 2 aliphatic rings. The average molecular weight is 599 g/mol. The second kappa shape index (κ2) is 9.84. The van der Waals surface area contributed by atoms with Crippen LogP contribution in [-0.2, 0) is 16.2 Å². The lowest BCUT2D eigenvalue weighted by Gasteiger charge is -2.49. The Morgan fingerprint density at radius 2 is 1.09 bits per heavy atom. The SMILES string of the molecule is CC(C)(C)c1ccc(N(c2ccc3c(c2)C(C)(C)c2cccc4c2N3c2ccccc2C4(C)C)c2cccc3ccccc23)cc1. The van der Waals surface area contributed by atoms with Crippen molar-refractivity contribution in [2.24, 2.45) is 0 Å². The number of anilines is 6. The molecule has 0 aliphatic carbocycles. The van der Waals surface area contributed by atoms with Gasteiger partial charge in [-0.25, -0.2) is 0 Å². The third kappa shape index (κ3) is 4.09. The van der Waals surface area contributed by atoms with Crippen molar-refractivity contribution in [1.82, 2.24) is 0 Å². The number of para-hydroxylation sites is 2. The minimum Gasteiger partial charge on any atom is -0.310 e. The summed E-state index contributed by atoms with van der Waals surface area (Å²) < 4.78 is 0. The molecule has 0 N–H and O–H groups in total. The normalized spacial score (nSPS) is 15.6. The predicted molar refractivity (Wildman–Crippen MR) is 196 cm³/mol. The van der Waals surface area contributed by atoms with Crippen LogP contribution in [-0.4, -0.2) is 0 Å². The molecule has 0 amide bonds. The Balaban J connectivity index is 1.38. The van der Waals surface area contributed by atoms with Crippen LogP contribution in [0, 0.1) is 0 Å². The van der Waals surface area contributed by atoms with Gasteiger partial charge in [-0.2, -0.15) is 0 Å². The van der Waals surface area contributed by atoms with Crippen LogP contribution in [0.25, 0.3) is 10.8 Å². The molecule has 2 nitrogen and oxygen atoms in total. The fourth-order valence-electron chi connectivity index (χ4n) is 7.95. The lowest BCUT2D eigenvalue weighted by atomic mass is 9.66. The van der Waals surface area contributed by atoms with E-state index >= 15 is 0 Å². The van der Waals surface area contributed by atoms with E-state index in [1.54, 1.807) is 0 Å². The van der Waals surface area contributed by atoms with E-state index in [9.17, 15) is 0 Å². The maximum Gasteiger partial charge on any atom is 0.0543 e. The van der Waals surface area contributed by atoms with Crippen molar-refractivity contribution < 1.29 is 0 Å². The highest BCUT2D eigenvalue weighted by Crippen LogP contribution is 2.60. The van der Waals surface area contributed by atoms with Crippen molar-refractivity contribution in [3.8, 4) is 0 Å². The summed E-state index contributed by atoms with van der Waals surface area (Å²) in [5.74, 6) is 0. The standard InChI is InChI=1S/C44H42N2/c1-42(2,3)30-22-24-31(25-23-30)45(38-21-12-15-29-14-8-9-16-33(29)38)32-26-27-40-37(28-32)44(6,7)36-19-13-18-35-41(36)46(40)39-20-11-10-17-34(39)43(35,4)5/h8-28H,1-7H3. The molecule has 0 bridgehead atoms. The van der Waals surface area contributed by atoms with Crippen LogP contribution in [0.15, 0.2) is 127 Å². The van der Waals surface area contributed by atoms with Gasteiger partial charge >= 0.3 is 0 Å². The van der Waals surface area contributed by atoms with E-state index in [1.807, 2.05) is 0 Å². The van der Waals surface area contributed by atoms with Gasteiger partial charge in [0, 0.05) is 27.6 Å². The molecule has 46 heavy (non-hydrogen) atoms. The van der Waals surface area contributed by atoms with Crippen molar-refractivity contribution in [1.29, 1.82) is 0 Å². The molecule has 6 aromatic rings. The molecule has 0 atom stereocenters. The Morgan fingerprint density at radius 3 is 1.83 bits per heavy atom. The topological polar surface area (TPSA) is 6.48 Å². The van der Waals surface area contributed by atoms with Crippen molar-refractivity contribution in [3.05, 3.63) is 155 Å². The summed E-state index contributed by atoms with van der Waals surface area (Å²) in [5, 5.41) is 2.48. The second-order valence-corrected chi connectivity index (χ2v) is 15.1. The fraction of sp³-hybridized carbons (Fsp3) is 0.227. The smallest absolute Gasteiger partial charge is 0.0543 e. The summed E-state index contributed by atoms with van der Waals surface area (Å²) in [7, 11) is 0. The van der Waals surface area contributed by atoms with Gasteiger partial charge in [-0.3, -0.25) is 0 Å². The summed E-state index contributed by atoms with van der Waals surface area (Å²) in [6.07, 6.45) is 0. The first kappa shape index (κ1) is 28.6. The Kier molecular flexibility index (Phi) is 6.13. The minimum atomic E-state index is -0.198. The van der Waals surface area contributed by atoms with Crippen molar-refractivity contribution in [3.63, 3.8) is 0 Å². The first-order valence-electron chi connectivity index (χ1n) is 16.5. The first-order chi connectivity index (χ1) is 22.0. The van der Waals surface area contributed by atoms with Gasteiger partial charge in [0.1, 0.15) is 0 Å². The maximum atomic E-state index is 2.54. The number of fused-ring (bicyclic) bond motifs is 5. The zero-order chi connectivity index (χ0) is 32.0. The third-order valence-electron chi connectivity index (χ3n) is 10.6. The van der Waals surface area contributed by atoms with Gasteiger partial charge in [-0.1, -0.05) is 133 Å². The number of hydrogen-bond acceptors (Lipinski definition) is 2. The Labute approximate surface area is 273 Å². The molecule has 0 saturated carbocycles. The summed E-state index contributed by atoms with van der Waals surface area (Å²) in [6, 6.07) is 47.6. The molecule has 2 heterocycles. The Hall–Kier alpha value is -4.82. The highest BCUT2D eigenvalue weighted by molar-refractivity contribution is 6.00. The van der Waals surface area contributed by atoms with Crippen LogP contribution in [0.5, 0.6) is 0 Å².